The molecule has 5 rings (SSSR count). The molecule has 132 valence electrons. The van der Waals surface area contributed by atoms with E-state index in [9.17, 15) is 4.39 Å². The molecule has 0 spiro atoms. The van der Waals surface area contributed by atoms with Crippen LogP contribution in [0.3, 0.4) is 0 Å². The van der Waals surface area contributed by atoms with Gasteiger partial charge in [-0.2, -0.15) is 5.10 Å². The van der Waals surface area contributed by atoms with E-state index in [-0.39, 0.29) is 5.82 Å². The van der Waals surface area contributed by atoms with Gasteiger partial charge >= 0.3 is 0 Å². The van der Waals surface area contributed by atoms with E-state index in [4.69, 9.17) is 0 Å². The minimum atomic E-state index is -0.280. The van der Waals surface area contributed by atoms with Gasteiger partial charge in [0.15, 0.2) is 11.5 Å². The number of fused-ring (bicyclic) bond motifs is 2. The summed E-state index contributed by atoms with van der Waals surface area (Å²) >= 11 is 1.61. The third kappa shape index (κ3) is 2.68. The molecule has 0 radical (unpaired) electrons. The highest BCUT2D eigenvalue weighted by Gasteiger charge is 2.20. The Hall–Kier alpha value is -2.38. The van der Waals surface area contributed by atoms with E-state index < -0.39 is 0 Å². The average Bonchev–Trinajstić information content (AvgIpc) is 3.24. The van der Waals surface area contributed by atoms with Crippen LogP contribution in [0.5, 0.6) is 0 Å². The summed E-state index contributed by atoms with van der Waals surface area (Å²) in [5, 5.41) is 8.99. The molecule has 1 N–H and O–H groups in total. The normalized spacial score (nSPS) is 15.9. The fourth-order valence-corrected chi connectivity index (χ4v) is 4.74. The highest BCUT2D eigenvalue weighted by molar-refractivity contribution is 7.18. The van der Waals surface area contributed by atoms with Crippen LogP contribution < -0.4 is 5.32 Å². The lowest BCUT2D eigenvalue weighted by Crippen LogP contribution is -2.26. The zero-order chi connectivity index (χ0) is 17.7. The molecule has 5 nitrogen and oxygen atoms in total. The largest absolute Gasteiger partial charge is 0.317 e. The molecular weight excluding hydrogens is 349 g/mol. The molecule has 1 aromatic carbocycles. The van der Waals surface area contributed by atoms with Gasteiger partial charge < -0.3 is 5.32 Å². The molecule has 26 heavy (non-hydrogen) atoms. The Kier molecular flexibility index (Phi) is 3.72. The Balaban J connectivity index is 1.58. The number of benzene rings is 1. The quantitative estimate of drug-likeness (QED) is 0.583. The topological polar surface area (TPSA) is 55.1 Å². The molecule has 4 heterocycles. The second-order valence-electron chi connectivity index (χ2n) is 6.78. The Morgan fingerprint density at radius 3 is 2.88 bits per heavy atom. The smallest absolute Gasteiger partial charge is 0.153 e. The molecule has 0 atom stereocenters. The summed E-state index contributed by atoms with van der Waals surface area (Å²) in [6.07, 6.45) is 3.99. The van der Waals surface area contributed by atoms with Crippen molar-refractivity contribution in [3.63, 3.8) is 0 Å². The summed E-state index contributed by atoms with van der Waals surface area (Å²) < 4.78 is 17.3. The van der Waals surface area contributed by atoms with Gasteiger partial charge in [0.25, 0.3) is 0 Å². The molecular formula is C19H18FN5S. The zero-order valence-electron chi connectivity index (χ0n) is 14.4. The number of rotatable bonds is 2. The van der Waals surface area contributed by atoms with Crippen LogP contribution in [-0.4, -0.2) is 32.7 Å². The van der Waals surface area contributed by atoms with Crippen LogP contribution in [0.2, 0.25) is 0 Å². The lowest BCUT2D eigenvalue weighted by Gasteiger charge is -2.20. The monoisotopic (exact) mass is 367 g/mol. The number of imidazole rings is 1. The number of hydrogen-bond donors (Lipinski definition) is 1. The number of nitrogens with zero attached hydrogens (tertiary/aromatic N) is 4. The Morgan fingerprint density at radius 1 is 1.19 bits per heavy atom. The predicted molar refractivity (Wildman–Crippen MR) is 101 cm³/mol. The van der Waals surface area contributed by atoms with Crippen molar-refractivity contribution in [3.8, 4) is 11.3 Å². The van der Waals surface area contributed by atoms with Gasteiger partial charge in [0.1, 0.15) is 5.52 Å². The molecule has 0 amide bonds. The molecule has 7 heteroatoms. The molecule has 4 aromatic rings. The number of piperidine rings is 1. The highest BCUT2D eigenvalue weighted by Crippen LogP contribution is 2.35. The van der Waals surface area contributed by atoms with Crippen molar-refractivity contribution in [3.05, 3.63) is 47.0 Å². The van der Waals surface area contributed by atoms with Gasteiger partial charge in [-0.15, -0.1) is 11.3 Å². The summed E-state index contributed by atoms with van der Waals surface area (Å²) in [6, 6.07) is 7.33. The van der Waals surface area contributed by atoms with Crippen LogP contribution >= 0.6 is 11.3 Å². The van der Waals surface area contributed by atoms with Gasteiger partial charge in [-0.05, 0) is 57.1 Å². The molecule has 1 fully saturated rings. The summed E-state index contributed by atoms with van der Waals surface area (Å²) in [6.45, 7) is 3.94. The van der Waals surface area contributed by atoms with E-state index in [1.807, 2.05) is 31.3 Å². The van der Waals surface area contributed by atoms with E-state index in [1.54, 1.807) is 15.9 Å². The van der Waals surface area contributed by atoms with Gasteiger partial charge in [-0.3, -0.25) is 0 Å². The van der Waals surface area contributed by atoms with Crippen molar-refractivity contribution in [1.82, 2.24) is 24.9 Å². The Morgan fingerprint density at radius 2 is 2.04 bits per heavy atom. The van der Waals surface area contributed by atoms with Crippen molar-refractivity contribution in [1.29, 1.82) is 0 Å². The number of aromatic nitrogens is 4. The maximum Gasteiger partial charge on any atom is 0.153 e. The lowest BCUT2D eigenvalue weighted by molar-refractivity contribution is 0.459. The lowest BCUT2D eigenvalue weighted by atomic mass is 9.99. The van der Waals surface area contributed by atoms with Crippen molar-refractivity contribution >= 4 is 27.2 Å². The molecule has 1 aliphatic rings. The second-order valence-corrected chi connectivity index (χ2v) is 7.85. The zero-order valence-corrected chi connectivity index (χ0v) is 15.2. The van der Waals surface area contributed by atoms with Gasteiger partial charge in [0.05, 0.1) is 27.3 Å². The Labute approximate surface area is 153 Å². The van der Waals surface area contributed by atoms with E-state index in [2.05, 4.69) is 20.4 Å². The fourth-order valence-electron chi connectivity index (χ4n) is 3.55. The first-order valence-corrected chi connectivity index (χ1v) is 9.63. The van der Waals surface area contributed by atoms with E-state index >= 15 is 0 Å². The number of nitrogens with one attached hydrogen (secondary N) is 1. The minimum Gasteiger partial charge on any atom is -0.317 e. The maximum atomic E-state index is 14.7. The van der Waals surface area contributed by atoms with Crippen LogP contribution in [0.15, 0.2) is 30.5 Å². The molecule has 0 bridgehead atoms. The molecule has 0 saturated carbocycles. The van der Waals surface area contributed by atoms with Crippen LogP contribution in [0.25, 0.3) is 27.1 Å². The van der Waals surface area contributed by atoms with Gasteiger partial charge in [0, 0.05) is 11.5 Å². The average molecular weight is 367 g/mol. The van der Waals surface area contributed by atoms with Gasteiger partial charge in [-0.25, -0.2) is 18.9 Å². The van der Waals surface area contributed by atoms with Crippen molar-refractivity contribution < 1.29 is 4.39 Å². The number of aryl methyl sites for hydroxylation is 1. The SMILES string of the molecule is Cc1cn2nc(-c3cc(F)c4nc(C5CCNCC5)sc4c3)ccc2n1. The van der Waals surface area contributed by atoms with Gasteiger partial charge in [0.2, 0.25) is 0 Å². The summed E-state index contributed by atoms with van der Waals surface area (Å²) in [5.41, 5.74) is 3.67. The first kappa shape index (κ1) is 15.8. The third-order valence-electron chi connectivity index (χ3n) is 4.89. The molecule has 1 saturated heterocycles. The maximum absolute atomic E-state index is 14.7. The van der Waals surface area contributed by atoms with Crippen LogP contribution in [0.4, 0.5) is 4.39 Å². The van der Waals surface area contributed by atoms with Crippen LogP contribution in [-0.2, 0) is 0 Å². The number of halogens is 1. The highest BCUT2D eigenvalue weighted by atomic mass is 32.1. The second kappa shape index (κ2) is 6.10. The van der Waals surface area contributed by atoms with Crippen LogP contribution in [0.1, 0.15) is 29.5 Å². The standard InChI is InChI=1S/C19H18FN5S/c1-11-10-25-17(22-11)3-2-15(24-25)13-8-14(20)18-16(9-13)26-19(23-18)12-4-6-21-7-5-12/h2-3,8-10,12,21H,4-7H2,1H3. The fraction of sp³-hybridized carbons (Fsp3) is 0.316. The van der Waals surface area contributed by atoms with E-state index in [0.717, 1.165) is 58.2 Å². The van der Waals surface area contributed by atoms with E-state index in [1.165, 1.54) is 6.07 Å². The molecule has 0 aliphatic carbocycles. The van der Waals surface area contributed by atoms with Crippen LogP contribution in [0, 0.1) is 12.7 Å². The Bertz CT molecular complexity index is 1110. The molecule has 1 aliphatic heterocycles. The molecule has 3 aromatic heterocycles. The number of hydrogen-bond acceptors (Lipinski definition) is 5. The minimum absolute atomic E-state index is 0.280. The first-order chi connectivity index (χ1) is 12.7. The van der Waals surface area contributed by atoms with Crippen molar-refractivity contribution in [2.24, 2.45) is 0 Å². The summed E-state index contributed by atoms with van der Waals surface area (Å²) in [4.78, 5) is 8.99. The van der Waals surface area contributed by atoms with Gasteiger partial charge in [-0.1, -0.05) is 0 Å². The number of thiazole rings is 1. The third-order valence-corrected chi connectivity index (χ3v) is 6.05. The van der Waals surface area contributed by atoms with E-state index in [0.29, 0.717) is 11.4 Å². The first-order valence-electron chi connectivity index (χ1n) is 8.81. The molecule has 0 unspecified atom stereocenters. The summed E-state index contributed by atoms with van der Waals surface area (Å²) in [7, 11) is 0. The summed E-state index contributed by atoms with van der Waals surface area (Å²) in [5.74, 6) is 0.151. The van der Waals surface area contributed by atoms with Crippen molar-refractivity contribution in [2.45, 2.75) is 25.7 Å². The predicted octanol–water partition coefficient (Wildman–Crippen LogP) is 3.92. The van der Waals surface area contributed by atoms with Crippen molar-refractivity contribution in [2.75, 3.05) is 13.1 Å².